The summed E-state index contributed by atoms with van der Waals surface area (Å²) in [5.41, 5.74) is 0.708. The minimum Gasteiger partial charge on any atom is -0.299 e. The molecule has 142 valence electrons. The molecule has 1 fully saturated rings. The molecule has 7 nitrogen and oxygen atoms in total. The smallest absolute Gasteiger partial charge is 0.261 e. The first-order valence-corrected chi connectivity index (χ1v) is 11.0. The molecule has 0 saturated carbocycles. The summed E-state index contributed by atoms with van der Waals surface area (Å²) < 4.78 is 26.7. The van der Waals surface area contributed by atoms with Crippen molar-refractivity contribution < 1.29 is 8.42 Å². The fourth-order valence-electron chi connectivity index (χ4n) is 3.59. The summed E-state index contributed by atoms with van der Waals surface area (Å²) in [6.07, 6.45) is 6.96. The highest BCUT2D eigenvalue weighted by Crippen LogP contribution is 2.19. The molecular weight excluding hydrogens is 352 g/mol. The molecule has 0 amide bonds. The molecule has 1 aliphatic rings. The van der Waals surface area contributed by atoms with E-state index in [9.17, 15) is 13.2 Å². The zero-order chi connectivity index (χ0) is 18.6. The van der Waals surface area contributed by atoms with Crippen molar-refractivity contribution in [2.45, 2.75) is 38.3 Å². The summed E-state index contributed by atoms with van der Waals surface area (Å²) in [5, 5.41) is 0.641. The van der Waals surface area contributed by atoms with Crippen LogP contribution in [-0.4, -0.2) is 54.8 Å². The molecule has 3 rings (SSSR count). The van der Waals surface area contributed by atoms with E-state index < -0.39 is 10.0 Å². The van der Waals surface area contributed by atoms with E-state index in [4.69, 9.17) is 0 Å². The third-order valence-corrected chi connectivity index (χ3v) is 5.68. The molecule has 1 unspecified atom stereocenters. The lowest BCUT2D eigenvalue weighted by Crippen LogP contribution is -2.43. The van der Waals surface area contributed by atoms with Crippen LogP contribution >= 0.6 is 0 Å². The van der Waals surface area contributed by atoms with Crippen molar-refractivity contribution in [3.63, 3.8) is 0 Å². The molecule has 1 saturated heterocycles. The highest BCUT2D eigenvalue weighted by molar-refractivity contribution is 7.88. The van der Waals surface area contributed by atoms with E-state index in [2.05, 4.69) is 14.6 Å². The molecule has 2 aromatic rings. The van der Waals surface area contributed by atoms with Crippen LogP contribution in [-0.2, 0) is 16.6 Å². The lowest BCUT2D eigenvalue weighted by molar-refractivity contribution is 0.135. The molecule has 2 heterocycles. The largest absolute Gasteiger partial charge is 0.299 e. The number of rotatable bonds is 7. The van der Waals surface area contributed by atoms with Crippen molar-refractivity contribution in [2.24, 2.45) is 0 Å². The van der Waals surface area contributed by atoms with Crippen molar-refractivity contribution in [1.82, 2.24) is 19.2 Å². The molecular formula is C18H26N4O3S. The van der Waals surface area contributed by atoms with Crippen LogP contribution in [0.1, 0.15) is 25.7 Å². The predicted octanol–water partition coefficient (Wildman–Crippen LogP) is 1.19. The molecule has 0 spiro atoms. The maximum absolute atomic E-state index is 12.6. The third kappa shape index (κ3) is 4.90. The van der Waals surface area contributed by atoms with Crippen molar-refractivity contribution in [3.05, 3.63) is 40.9 Å². The van der Waals surface area contributed by atoms with Gasteiger partial charge in [0.2, 0.25) is 10.0 Å². The monoisotopic (exact) mass is 378 g/mol. The number of hydrogen-bond donors (Lipinski definition) is 1. The van der Waals surface area contributed by atoms with Crippen molar-refractivity contribution in [3.8, 4) is 0 Å². The van der Waals surface area contributed by atoms with Crippen molar-refractivity contribution in [2.75, 3.05) is 25.9 Å². The van der Waals surface area contributed by atoms with Gasteiger partial charge in [0.25, 0.3) is 5.56 Å². The average molecular weight is 378 g/mol. The first kappa shape index (κ1) is 19.0. The standard InChI is InChI=1S/C18H26N4O3S/c1-26(24,25)20-10-9-15-6-4-5-11-21(15)12-13-22-14-19-17-8-3-2-7-16(17)18(22)23/h2-3,7-8,14-15,20H,4-6,9-13H2,1H3. The molecule has 8 heteroatoms. The topological polar surface area (TPSA) is 84.3 Å². The van der Waals surface area contributed by atoms with Crippen LogP contribution in [0.5, 0.6) is 0 Å². The Labute approximate surface area is 154 Å². The van der Waals surface area contributed by atoms with E-state index in [0.717, 1.165) is 44.3 Å². The zero-order valence-corrected chi connectivity index (χ0v) is 15.9. The summed E-state index contributed by atoms with van der Waals surface area (Å²) in [4.78, 5) is 19.3. The first-order chi connectivity index (χ1) is 12.4. The highest BCUT2D eigenvalue weighted by Gasteiger charge is 2.22. The van der Waals surface area contributed by atoms with Gasteiger partial charge in [0.1, 0.15) is 0 Å². The minimum absolute atomic E-state index is 0.0112. The number of nitrogens with zero attached hydrogens (tertiary/aromatic N) is 3. The van der Waals surface area contributed by atoms with E-state index >= 15 is 0 Å². The molecule has 1 aromatic heterocycles. The molecule has 26 heavy (non-hydrogen) atoms. The second-order valence-electron chi connectivity index (χ2n) is 6.90. The lowest BCUT2D eigenvalue weighted by Gasteiger charge is -2.36. The minimum atomic E-state index is -3.15. The van der Waals surface area contributed by atoms with Gasteiger partial charge in [-0.15, -0.1) is 0 Å². The highest BCUT2D eigenvalue weighted by atomic mass is 32.2. The Morgan fingerprint density at radius 2 is 2.04 bits per heavy atom. The third-order valence-electron chi connectivity index (χ3n) is 4.95. The van der Waals surface area contributed by atoms with Gasteiger partial charge in [-0.05, 0) is 37.9 Å². The molecule has 0 bridgehead atoms. The van der Waals surface area contributed by atoms with Gasteiger partial charge in [0.05, 0.1) is 23.5 Å². The summed E-state index contributed by atoms with van der Waals surface area (Å²) in [7, 11) is -3.15. The Bertz CT molecular complexity index is 910. The van der Waals surface area contributed by atoms with E-state index in [0.29, 0.717) is 24.5 Å². The van der Waals surface area contributed by atoms with E-state index in [1.54, 1.807) is 10.9 Å². The van der Waals surface area contributed by atoms with Crippen LogP contribution < -0.4 is 10.3 Å². The SMILES string of the molecule is CS(=O)(=O)NCCC1CCCCN1CCn1cnc2ccccc2c1=O. The maximum Gasteiger partial charge on any atom is 0.261 e. The summed E-state index contributed by atoms with van der Waals surface area (Å²) >= 11 is 0. The Morgan fingerprint density at radius 1 is 1.23 bits per heavy atom. The lowest BCUT2D eigenvalue weighted by atomic mass is 9.99. The second kappa shape index (κ2) is 8.28. The molecule has 1 aliphatic heterocycles. The van der Waals surface area contributed by atoms with Gasteiger partial charge in [-0.2, -0.15) is 0 Å². The number of hydrogen-bond acceptors (Lipinski definition) is 5. The summed E-state index contributed by atoms with van der Waals surface area (Å²) in [5.74, 6) is 0. The summed E-state index contributed by atoms with van der Waals surface area (Å²) in [6.45, 7) is 2.80. The number of benzene rings is 1. The van der Waals surface area contributed by atoms with E-state index in [-0.39, 0.29) is 5.56 Å². The fourth-order valence-corrected chi connectivity index (χ4v) is 4.08. The Balaban J connectivity index is 1.63. The second-order valence-corrected chi connectivity index (χ2v) is 8.73. The van der Waals surface area contributed by atoms with Gasteiger partial charge in [0.15, 0.2) is 0 Å². The number of sulfonamides is 1. The van der Waals surface area contributed by atoms with Gasteiger partial charge in [-0.25, -0.2) is 18.1 Å². The first-order valence-electron chi connectivity index (χ1n) is 9.07. The number of fused-ring (bicyclic) bond motifs is 1. The van der Waals surface area contributed by atoms with Crippen LogP contribution in [0.25, 0.3) is 10.9 Å². The van der Waals surface area contributed by atoms with Crippen LogP contribution in [0.4, 0.5) is 0 Å². The summed E-state index contributed by atoms with van der Waals surface area (Å²) in [6, 6.07) is 7.73. The van der Waals surface area contributed by atoms with Gasteiger partial charge in [0, 0.05) is 25.7 Å². The molecule has 1 N–H and O–H groups in total. The van der Waals surface area contributed by atoms with Crippen LogP contribution in [0.2, 0.25) is 0 Å². The van der Waals surface area contributed by atoms with Crippen LogP contribution in [0, 0.1) is 0 Å². The normalized spacial score (nSPS) is 19.0. The number of piperidine rings is 1. The van der Waals surface area contributed by atoms with Gasteiger partial charge in [-0.3, -0.25) is 14.3 Å². The Hall–Kier alpha value is -1.77. The van der Waals surface area contributed by atoms with Gasteiger partial charge in [-0.1, -0.05) is 18.6 Å². The van der Waals surface area contributed by atoms with Crippen LogP contribution in [0.3, 0.4) is 0 Å². The van der Waals surface area contributed by atoms with E-state index in [1.165, 1.54) is 6.26 Å². The van der Waals surface area contributed by atoms with Gasteiger partial charge < -0.3 is 0 Å². The predicted molar refractivity (Wildman–Crippen MR) is 103 cm³/mol. The molecule has 1 aromatic carbocycles. The maximum atomic E-state index is 12.6. The number of nitrogens with one attached hydrogen (secondary N) is 1. The van der Waals surface area contributed by atoms with E-state index in [1.807, 2.05) is 24.3 Å². The average Bonchev–Trinajstić information content (AvgIpc) is 2.61. The Kier molecular flexibility index (Phi) is 6.05. The number of para-hydroxylation sites is 1. The fraction of sp³-hybridized carbons (Fsp3) is 0.556. The van der Waals surface area contributed by atoms with Crippen molar-refractivity contribution >= 4 is 20.9 Å². The molecule has 0 radical (unpaired) electrons. The Morgan fingerprint density at radius 3 is 2.85 bits per heavy atom. The number of aromatic nitrogens is 2. The zero-order valence-electron chi connectivity index (χ0n) is 15.1. The molecule has 1 atom stereocenters. The molecule has 0 aliphatic carbocycles. The van der Waals surface area contributed by atoms with Gasteiger partial charge >= 0.3 is 0 Å². The van der Waals surface area contributed by atoms with Crippen LogP contribution in [0.15, 0.2) is 35.4 Å². The number of likely N-dealkylation sites (tertiary alicyclic amines) is 1. The quantitative estimate of drug-likeness (QED) is 0.782. The van der Waals surface area contributed by atoms with Crippen molar-refractivity contribution in [1.29, 1.82) is 0 Å².